The lowest BCUT2D eigenvalue weighted by Crippen LogP contribution is -2.42. The summed E-state index contributed by atoms with van der Waals surface area (Å²) in [5.41, 5.74) is 0. The first kappa shape index (κ1) is 13.5. The molecule has 0 aromatic rings. The predicted molar refractivity (Wildman–Crippen MR) is 59.8 cm³/mol. The molecule has 0 aliphatic rings. The van der Waals surface area contributed by atoms with Gasteiger partial charge in [0.25, 0.3) is 0 Å². The second-order valence-corrected chi connectivity index (χ2v) is 5.78. The SMILES string of the molecule is C=CC=NCCC[Si](OC)(OC)OC. The number of allylic oxidation sites excluding steroid dienone is 1. The molecule has 4 nitrogen and oxygen atoms in total. The van der Waals surface area contributed by atoms with Crippen LogP contribution in [0.4, 0.5) is 0 Å². The van der Waals surface area contributed by atoms with Crippen molar-refractivity contribution < 1.29 is 13.3 Å². The van der Waals surface area contributed by atoms with Crippen LogP contribution in [-0.2, 0) is 13.3 Å². The Morgan fingerprint density at radius 2 is 1.79 bits per heavy atom. The molecular weight excluding hydrogens is 198 g/mol. The molecule has 0 saturated carbocycles. The van der Waals surface area contributed by atoms with Gasteiger partial charge in [-0.25, -0.2) is 0 Å². The first-order valence-corrected chi connectivity index (χ1v) is 6.44. The van der Waals surface area contributed by atoms with Crippen LogP contribution in [-0.4, -0.2) is 42.9 Å². The summed E-state index contributed by atoms with van der Waals surface area (Å²) in [7, 11) is 2.47. The maximum atomic E-state index is 5.27. The molecule has 0 N–H and O–H groups in total. The molecule has 0 heterocycles. The Hall–Kier alpha value is -0.493. The zero-order valence-electron chi connectivity index (χ0n) is 9.16. The van der Waals surface area contributed by atoms with Gasteiger partial charge in [0, 0.05) is 40.1 Å². The molecule has 82 valence electrons. The number of hydrogen-bond donors (Lipinski definition) is 0. The fourth-order valence-corrected chi connectivity index (χ4v) is 2.80. The van der Waals surface area contributed by atoms with E-state index in [0.717, 1.165) is 19.0 Å². The van der Waals surface area contributed by atoms with Crippen LogP contribution in [0.3, 0.4) is 0 Å². The van der Waals surface area contributed by atoms with Crippen LogP contribution in [0.5, 0.6) is 0 Å². The van der Waals surface area contributed by atoms with Gasteiger partial charge in [-0.2, -0.15) is 0 Å². The molecule has 0 fully saturated rings. The molecule has 0 amide bonds. The van der Waals surface area contributed by atoms with Crippen molar-refractivity contribution in [3.8, 4) is 0 Å². The molecule has 0 saturated heterocycles. The normalized spacial score (nSPS) is 12.2. The van der Waals surface area contributed by atoms with Crippen molar-refractivity contribution in [3.63, 3.8) is 0 Å². The lowest BCUT2D eigenvalue weighted by Gasteiger charge is -2.23. The average Bonchev–Trinajstić information content (AvgIpc) is 2.24. The molecule has 14 heavy (non-hydrogen) atoms. The summed E-state index contributed by atoms with van der Waals surface area (Å²) in [5.74, 6) is 0. The minimum Gasteiger partial charge on any atom is -0.377 e. The molecule has 0 aromatic carbocycles. The average molecular weight is 217 g/mol. The van der Waals surface area contributed by atoms with E-state index >= 15 is 0 Å². The van der Waals surface area contributed by atoms with Crippen molar-refractivity contribution in [2.75, 3.05) is 27.9 Å². The van der Waals surface area contributed by atoms with Gasteiger partial charge < -0.3 is 13.3 Å². The lowest BCUT2D eigenvalue weighted by atomic mass is 10.5. The number of aliphatic imine (C=N–C) groups is 1. The minimum atomic E-state index is -2.38. The molecule has 0 aliphatic carbocycles. The molecule has 0 unspecified atom stereocenters. The Bertz CT molecular complexity index is 173. The molecule has 5 heteroatoms. The summed E-state index contributed by atoms with van der Waals surface area (Å²) in [6.45, 7) is 4.29. The number of hydrogen-bond acceptors (Lipinski definition) is 4. The zero-order valence-corrected chi connectivity index (χ0v) is 10.2. The standard InChI is InChI=1S/C9H19NO3Si/c1-5-7-10-8-6-9-14(11-2,12-3)13-4/h5,7H,1,6,8-9H2,2-4H3. The van der Waals surface area contributed by atoms with E-state index in [-0.39, 0.29) is 0 Å². The summed E-state index contributed by atoms with van der Waals surface area (Å²) in [6.07, 6.45) is 4.25. The molecule has 0 aromatic heterocycles. The summed E-state index contributed by atoms with van der Waals surface area (Å²) < 4.78 is 15.8. The second kappa shape index (κ2) is 7.87. The van der Waals surface area contributed by atoms with Crippen LogP contribution in [0.25, 0.3) is 0 Å². The van der Waals surface area contributed by atoms with Gasteiger partial charge in [-0.15, -0.1) is 0 Å². The highest BCUT2D eigenvalue weighted by molar-refractivity contribution is 6.60. The molecule has 0 bridgehead atoms. The van der Waals surface area contributed by atoms with Crippen LogP contribution in [0.2, 0.25) is 6.04 Å². The van der Waals surface area contributed by atoms with E-state index in [4.69, 9.17) is 13.3 Å². The summed E-state index contributed by atoms with van der Waals surface area (Å²) in [6, 6.07) is 0.783. The predicted octanol–water partition coefficient (Wildman–Crippen LogP) is 1.51. The smallest absolute Gasteiger partial charge is 0.377 e. The Labute approximate surface area is 87.0 Å². The van der Waals surface area contributed by atoms with Gasteiger partial charge in [0.1, 0.15) is 0 Å². The Morgan fingerprint density at radius 1 is 1.21 bits per heavy atom. The topological polar surface area (TPSA) is 40.0 Å². The van der Waals surface area contributed by atoms with Gasteiger partial charge in [-0.05, 0) is 6.42 Å². The number of rotatable bonds is 8. The third kappa shape index (κ3) is 4.66. The molecule has 0 aliphatic heterocycles. The molecule has 0 radical (unpaired) electrons. The van der Waals surface area contributed by atoms with Gasteiger partial charge in [0.15, 0.2) is 0 Å². The Morgan fingerprint density at radius 3 is 2.21 bits per heavy atom. The van der Waals surface area contributed by atoms with E-state index in [1.807, 2.05) is 0 Å². The fourth-order valence-electron chi connectivity index (χ4n) is 1.09. The van der Waals surface area contributed by atoms with Crippen molar-refractivity contribution in [1.82, 2.24) is 0 Å². The first-order valence-electron chi connectivity index (χ1n) is 4.51. The van der Waals surface area contributed by atoms with Crippen molar-refractivity contribution in [2.45, 2.75) is 12.5 Å². The van der Waals surface area contributed by atoms with Crippen LogP contribution in [0.15, 0.2) is 17.6 Å². The van der Waals surface area contributed by atoms with Crippen LogP contribution < -0.4 is 0 Å². The number of nitrogens with zero attached hydrogens (tertiary/aromatic N) is 1. The quantitative estimate of drug-likeness (QED) is 0.351. The Balaban J connectivity index is 3.82. The van der Waals surface area contributed by atoms with Gasteiger partial charge in [-0.3, -0.25) is 4.99 Å². The molecular formula is C9H19NO3Si. The van der Waals surface area contributed by atoms with Crippen molar-refractivity contribution >= 4 is 15.0 Å². The highest BCUT2D eigenvalue weighted by atomic mass is 28.4. The third-order valence-corrected chi connectivity index (χ3v) is 4.75. The maximum absolute atomic E-state index is 5.27. The highest BCUT2D eigenvalue weighted by Gasteiger charge is 2.36. The Kier molecular flexibility index (Phi) is 7.59. The fraction of sp³-hybridized carbons (Fsp3) is 0.667. The second-order valence-electron chi connectivity index (χ2n) is 2.69. The van der Waals surface area contributed by atoms with E-state index in [2.05, 4.69) is 11.6 Å². The molecule has 0 rings (SSSR count). The van der Waals surface area contributed by atoms with Gasteiger partial charge in [-0.1, -0.05) is 12.7 Å². The van der Waals surface area contributed by atoms with Gasteiger partial charge in [0.2, 0.25) is 0 Å². The molecule has 0 spiro atoms. The van der Waals surface area contributed by atoms with Crippen LogP contribution in [0.1, 0.15) is 6.42 Å². The first-order chi connectivity index (χ1) is 6.74. The van der Waals surface area contributed by atoms with Crippen molar-refractivity contribution in [3.05, 3.63) is 12.7 Å². The van der Waals surface area contributed by atoms with E-state index in [1.54, 1.807) is 33.6 Å². The summed E-state index contributed by atoms with van der Waals surface area (Å²) >= 11 is 0. The van der Waals surface area contributed by atoms with Gasteiger partial charge >= 0.3 is 8.80 Å². The van der Waals surface area contributed by atoms with E-state index < -0.39 is 8.80 Å². The van der Waals surface area contributed by atoms with Crippen molar-refractivity contribution in [2.24, 2.45) is 4.99 Å². The highest BCUT2D eigenvalue weighted by Crippen LogP contribution is 2.14. The van der Waals surface area contributed by atoms with E-state index in [1.165, 1.54) is 0 Å². The van der Waals surface area contributed by atoms with Gasteiger partial charge in [0.05, 0.1) is 0 Å². The van der Waals surface area contributed by atoms with E-state index in [0.29, 0.717) is 0 Å². The zero-order chi connectivity index (χ0) is 10.9. The van der Waals surface area contributed by atoms with E-state index in [9.17, 15) is 0 Å². The minimum absolute atomic E-state index is 0.747. The van der Waals surface area contributed by atoms with Crippen LogP contribution >= 0.6 is 0 Å². The summed E-state index contributed by atoms with van der Waals surface area (Å²) in [4.78, 5) is 4.11. The monoisotopic (exact) mass is 217 g/mol. The third-order valence-electron chi connectivity index (χ3n) is 1.91. The maximum Gasteiger partial charge on any atom is 0.500 e. The summed E-state index contributed by atoms with van der Waals surface area (Å²) in [5, 5.41) is 0. The lowest BCUT2D eigenvalue weighted by molar-refractivity contribution is 0.123. The molecule has 0 atom stereocenters. The van der Waals surface area contributed by atoms with Crippen molar-refractivity contribution in [1.29, 1.82) is 0 Å². The largest absolute Gasteiger partial charge is 0.500 e. The van der Waals surface area contributed by atoms with Crippen LogP contribution in [0, 0.1) is 0 Å².